The smallest absolute Gasteiger partial charge is 0.309 e. The largest absolute Gasteiger partial charge is 0.481 e. The second-order valence-electron chi connectivity index (χ2n) is 38.5. The van der Waals surface area contributed by atoms with Crippen molar-refractivity contribution in [2.75, 3.05) is 59.9 Å². The molecule has 12 rings (SSSR count). The Labute approximate surface area is 587 Å². The maximum Gasteiger partial charge on any atom is 0.309 e. The van der Waals surface area contributed by atoms with E-state index in [9.17, 15) is 29.4 Å². The lowest BCUT2D eigenvalue weighted by Gasteiger charge is -2.72. The van der Waals surface area contributed by atoms with Gasteiger partial charge in [-0.2, -0.15) is 0 Å². The molecule has 10 fully saturated rings. The second kappa shape index (κ2) is 27.8. The third kappa shape index (κ3) is 13.1. The Morgan fingerprint density at radius 3 is 1.68 bits per heavy atom. The molecule has 544 valence electrons. The first-order valence-electron chi connectivity index (χ1n) is 38.4. The number of fused-ring (bicyclic) bond motifs is 13. The summed E-state index contributed by atoms with van der Waals surface area (Å²) in [4.78, 5) is 55.4. The number of carbonyl (C=O) groups is 4. The van der Waals surface area contributed by atoms with Gasteiger partial charge in [-0.25, -0.2) is 0 Å². The number of nitrogens with one attached hydrogen (secondary N) is 2. The highest BCUT2D eigenvalue weighted by Crippen LogP contribution is 2.77. The summed E-state index contributed by atoms with van der Waals surface area (Å²) >= 11 is 6.24. The number of halogens is 1. The normalized spacial score (nSPS) is 39.4. The quantitative estimate of drug-likeness (QED) is 0.0565. The van der Waals surface area contributed by atoms with Gasteiger partial charge in [0.25, 0.3) is 0 Å². The molecule has 14 heteroatoms. The summed E-state index contributed by atoms with van der Waals surface area (Å²) in [5, 5.41) is 30.9. The van der Waals surface area contributed by atoms with Crippen molar-refractivity contribution < 1.29 is 34.1 Å². The van der Waals surface area contributed by atoms with Crippen molar-refractivity contribution >= 4 is 35.1 Å². The SMILES string of the molecule is CC(C)C1=C2[C@H]3CC[C@@H]4[C@@]5(C)CC[C@H](OC(=O)CC(C)(C)C(=O)O)C(C)(C)[C@@H]5CC[C@@]4(C)[C@]3(C)CC[C@@]2([C@@H](O)CN(CCN(C)C)Cc2ccc(Cl)cc2)CC1=O.CC1(C)C2CCC1(C)C(NCCNC1CC3CCC1(C)C3(C)C)C2.CC12CCC(CC1=O)C2(C)C.NCCN. The number of likely N-dealkylation sites (N-methyl/N-ethyl adjacent to an activating group) is 1. The van der Waals surface area contributed by atoms with Crippen LogP contribution in [0.4, 0.5) is 0 Å². The maximum atomic E-state index is 14.3. The minimum Gasteiger partial charge on any atom is -0.481 e. The Morgan fingerprint density at radius 1 is 0.677 bits per heavy atom. The number of aliphatic hydroxyl groups is 1. The summed E-state index contributed by atoms with van der Waals surface area (Å²) in [6.07, 6.45) is 18.9. The van der Waals surface area contributed by atoms with Crippen molar-refractivity contribution in [1.29, 1.82) is 0 Å². The molecular formula is C82H137ClN6O7. The Balaban J connectivity index is 0.000000222. The number of carboxylic acid groups (broad SMARTS) is 1. The average Bonchev–Trinajstić information content (AvgIpc) is 0.893. The first-order chi connectivity index (χ1) is 44.4. The average molecular weight is 1350 g/mol. The van der Waals surface area contributed by atoms with Crippen molar-refractivity contribution in [1.82, 2.24) is 20.4 Å². The molecule has 0 amide bonds. The molecule has 10 saturated carbocycles. The molecule has 11 aliphatic carbocycles. The molecule has 8 unspecified atom stereocenters. The van der Waals surface area contributed by atoms with Gasteiger partial charge in [-0.15, -0.1) is 0 Å². The van der Waals surface area contributed by atoms with Crippen LogP contribution in [0.1, 0.15) is 252 Å². The van der Waals surface area contributed by atoms with Crippen LogP contribution in [0, 0.1) is 106 Å². The zero-order valence-corrected chi connectivity index (χ0v) is 64.9. The zero-order valence-electron chi connectivity index (χ0n) is 64.1. The Hall–Kier alpha value is -2.75. The third-order valence-electron chi connectivity index (χ3n) is 32.3. The van der Waals surface area contributed by atoms with Crippen LogP contribution >= 0.6 is 11.6 Å². The summed E-state index contributed by atoms with van der Waals surface area (Å²) in [6.45, 7) is 47.9. The number of benzene rings is 1. The fraction of sp³-hybridized carbons (Fsp3) is 0.854. The molecule has 0 heterocycles. The van der Waals surface area contributed by atoms with E-state index in [4.69, 9.17) is 27.8 Å². The first-order valence-corrected chi connectivity index (χ1v) is 38.7. The predicted octanol–water partition coefficient (Wildman–Crippen LogP) is 15.4. The lowest BCUT2D eigenvalue weighted by Crippen LogP contribution is -2.66. The number of nitrogens with two attached hydrogens (primary N) is 2. The number of ether oxygens (including phenoxy) is 1. The first kappa shape index (κ1) is 77.4. The number of hydrogen-bond donors (Lipinski definition) is 6. The predicted molar refractivity (Wildman–Crippen MR) is 391 cm³/mol. The molecular weight excluding hydrogens is 1220 g/mol. The number of aliphatic hydroxyl groups excluding tert-OH is 1. The number of carbonyl (C=O) groups excluding carboxylic acids is 3. The van der Waals surface area contributed by atoms with Gasteiger partial charge in [0.1, 0.15) is 11.9 Å². The van der Waals surface area contributed by atoms with Crippen LogP contribution in [-0.4, -0.2) is 128 Å². The van der Waals surface area contributed by atoms with E-state index in [0.717, 1.165) is 125 Å². The minimum absolute atomic E-state index is 0.0255. The number of nitrogens with zero attached hydrogens (tertiary/aromatic N) is 2. The van der Waals surface area contributed by atoms with Gasteiger partial charge >= 0.3 is 11.9 Å². The molecule has 0 aromatic heterocycles. The van der Waals surface area contributed by atoms with E-state index in [0.29, 0.717) is 82.8 Å². The van der Waals surface area contributed by atoms with Crippen molar-refractivity contribution in [3.63, 3.8) is 0 Å². The van der Waals surface area contributed by atoms with Crippen LogP contribution in [0.25, 0.3) is 0 Å². The number of rotatable bonds is 19. The molecule has 0 spiro atoms. The number of Topliss-reactive ketones (excluding diaryl/α,β-unsaturated/α-hetero) is 2. The van der Waals surface area contributed by atoms with Gasteiger partial charge in [-0.1, -0.05) is 140 Å². The molecule has 6 bridgehead atoms. The summed E-state index contributed by atoms with van der Waals surface area (Å²) < 4.78 is 6.20. The van der Waals surface area contributed by atoms with Gasteiger partial charge < -0.3 is 42.0 Å². The van der Waals surface area contributed by atoms with Crippen LogP contribution in [-0.2, 0) is 30.5 Å². The topological polar surface area (TPSA) is 201 Å². The van der Waals surface area contributed by atoms with Gasteiger partial charge in [0, 0.05) is 98.6 Å². The number of aliphatic carboxylic acids is 1. The molecule has 96 heavy (non-hydrogen) atoms. The van der Waals surface area contributed by atoms with E-state index < -0.39 is 28.9 Å². The van der Waals surface area contributed by atoms with Crippen molar-refractivity contribution in [3.05, 3.63) is 46.0 Å². The third-order valence-corrected chi connectivity index (χ3v) is 32.5. The van der Waals surface area contributed by atoms with Crippen LogP contribution in [0.15, 0.2) is 35.4 Å². The molecule has 0 saturated heterocycles. The van der Waals surface area contributed by atoms with Gasteiger partial charge in [0.05, 0.1) is 17.9 Å². The van der Waals surface area contributed by atoms with Gasteiger partial charge in [-0.3, -0.25) is 24.1 Å². The number of carboxylic acids is 1. The second-order valence-corrected chi connectivity index (χ2v) is 38.9. The highest BCUT2D eigenvalue weighted by Gasteiger charge is 2.72. The summed E-state index contributed by atoms with van der Waals surface area (Å²) in [5.74, 6) is 3.08. The number of allylic oxidation sites excluding steroid dienone is 1. The van der Waals surface area contributed by atoms with E-state index in [1.807, 2.05) is 12.1 Å². The van der Waals surface area contributed by atoms with E-state index in [1.165, 1.54) is 50.5 Å². The minimum atomic E-state index is -1.17. The standard InChI is InChI=1S/C48H73ClN2O6.C22H40N2.C10H16O.C2H8N2/c1-30(2)40-34(52)26-48(37(53)29-51(25-24-50(10)11)28-31-12-14-32(49)15-13-31)23-22-46(8)33(41(40)48)16-17-36-45(7)20-19-38(57-39(54)27-43(3,4)42(55)56)44(5,6)35(45)18-21-47(36,46)9;1-19(2)15-7-9-21(19,5)17(13-15)23-11-12-24-18-14-16-8-10-22(18,6)20(16,3)4;1-9(2)7-4-5-10(9,3)8(11)6-7;3-1-2-4/h12-15,30,33,35-38,53H,16-29H2,1-11H3,(H,55,56);15-18,23-24H,7-14H2,1-6H3;7H,4-6H2,1-3H3;1-4H2/t33-,35+,36-,37+,38+,45+,46-,47-,48+;;;/m1.../s1. The van der Waals surface area contributed by atoms with Gasteiger partial charge in [0.2, 0.25) is 0 Å². The van der Waals surface area contributed by atoms with Gasteiger partial charge in [-0.05, 0) is 239 Å². The highest BCUT2D eigenvalue weighted by molar-refractivity contribution is 6.30. The van der Waals surface area contributed by atoms with E-state index in [2.05, 4.69) is 157 Å². The summed E-state index contributed by atoms with van der Waals surface area (Å²) in [6, 6.07) is 9.48. The highest BCUT2D eigenvalue weighted by atomic mass is 35.5. The maximum absolute atomic E-state index is 14.3. The van der Waals surface area contributed by atoms with Crippen LogP contribution in [0.3, 0.4) is 0 Å². The van der Waals surface area contributed by atoms with Crippen LogP contribution in [0.2, 0.25) is 5.02 Å². The van der Waals surface area contributed by atoms with E-state index in [1.54, 1.807) is 13.8 Å². The zero-order chi connectivity index (χ0) is 71.2. The lowest BCUT2D eigenvalue weighted by molar-refractivity contribution is -0.235. The Morgan fingerprint density at radius 2 is 1.23 bits per heavy atom. The fourth-order valence-corrected chi connectivity index (χ4v) is 24.3. The molecule has 1 aromatic carbocycles. The van der Waals surface area contributed by atoms with Crippen molar-refractivity contribution in [2.24, 2.45) is 118 Å². The summed E-state index contributed by atoms with van der Waals surface area (Å²) in [5.41, 5.74) is 13.7. The monoisotopic (exact) mass is 1350 g/mol. The van der Waals surface area contributed by atoms with E-state index >= 15 is 0 Å². The molecule has 13 nitrogen and oxygen atoms in total. The fourth-order valence-electron chi connectivity index (χ4n) is 24.2. The molecule has 0 radical (unpaired) electrons. The lowest BCUT2D eigenvalue weighted by atomic mass is 9.33. The summed E-state index contributed by atoms with van der Waals surface area (Å²) in [7, 11) is 4.17. The molecule has 0 aliphatic heterocycles. The molecule has 17 atom stereocenters. The Kier molecular flexibility index (Phi) is 22.4. The van der Waals surface area contributed by atoms with Crippen molar-refractivity contribution in [2.45, 2.75) is 277 Å². The molecule has 11 aliphatic rings. The van der Waals surface area contributed by atoms with E-state index in [-0.39, 0.29) is 62.6 Å². The van der Waals surface area contributed by atoms with Gasteiger partial charge in [0.15, 0.2) is 5.78 Å². The number of ketones is 2. The van der Waals surface area contributed by atoms with Crippen molar-refractivity contribution in [3.8, 4) is 0 Å². The molecule has 8 N–H and O–H groups in total. The molecule has 1 aromatic rings. The van der Waals surface area contributed by atoms with Crippen LogP contribution < -0.4 is 22.1 Å². The number of esters is 1. The van der Waals surface area contributed by atoms with Crippen LogP contribution in [0.5, 0.6) is 0 Å². The number of hydrogen-bond acceptors (Lipinski definition) is 12. The Bertz CT molecular complexity index is 2960.